The molecule has 0 fully saturated rings. The van der Waals surface area contributed by atoms with E-state index >= 15 is 0 Å². The highest BCUT2D eigenvalue weighted by Gasteiger charge is 2.17. The average molecular weight is 387 g/mol. The maximum Gasteiger partial charge on any atom is 0.271 e. The molecule has 2 aromatic carbocycles. The van der Waals surface area contributed by atoms with Crippen molar-refractivity contribution in [1.82, 2.24) is 4.98 Å². The fraction of sp³-hybridized carbons (Fsp3) is 0.111. The molecule has 3 rings (SSSR count). The van der Waals surface area contributed by atoms with Gasteiger partial charge in [0.1, 0.15) is 28.1 Å². The highest BCUT2D eigenvalue weighted by atomic mass is 32.1. The standard InChI is InChI=1S/C18H14FN3O4S/c1-11-17(18(23)21-13-3-2-4-14(9-13)22(24)25)27-16(20-11)10-26-15-7-5-12(19)6-8-15/h2-9H,10H2,1H3,(H,21,23). The van der Waals surface area contributed by atoms with Crippen molar-refractivity contribution in [1.29, 1.82) is 0 Å². The van der Waals surface area contributed by atoms with Crippen LogP contribution in [0.1, 0.15) is 20.4 Å². The Balaban J connectivity index is 1.68. The van der Waals surface area contributed by atoms with Gasteiger partial charge in [0.05, 0.1) is 10.6 Å². The Bertz CT molecular complexity index is 989. The maximum absolute atomic E-state index is 12.9. The van der Waals surface area contributed by atoms with Crippen molar-refractivity contribution in [2.75, 3.05) is 5.32 Å². The quantitative estimate of drug-likeness (QED) is 0.502. The number of carbonyl (C=O) groups is 1. The SMILES string of the molecule is Cc1nc(COc2ccc(F)cc2)sc1C(=O)Nc1cccc([N+](=O)[O-])c1. The highest BCUT2D eigenvalue weighted by molar-refractivity contribution is 7.13. The summed E-state index contributed by atoms with van der Waals surface area (Å²) in [6.07, 6.45) is 0. The monoisotopic (exact) mass is 387 g/mol. The van der Waals surface area contributed by atoms with E-state index in [2.05, 4.69) is 10.3 Å². The van der Waals surface area contributed by atoms with Gasteiger partial charge >= 0.3 is 0 Å². The Labute approximate surface area is 157 Å². The van der Waals surface area contributed by atoms with Gasteiger partial charge in [-0.2, -0.15) is 0 Å². The smallest absolute Gasteiger partial charge is 0.271 e. The number of hydrogen-bond acceptors (Lipinski definition) is 6. The molecule has 0 aliphatic carbocycles. The number of nitrogens with one attached hydrogen (secondary N) is 1. The molecule has 7 nitrogen and oxygen atoms in total. The Morgan fingerprint density at radius 2 is 2.04 bits per heavy atom. The molecule has 1 N–H and O–H groups in total. The Kier molecular flexibility index (Phi) is 5.41. The van der Waals surface area contributed by atoms with Crippen LogP contribution < -0.4 is 10.1 Å². The summed E-state index contributed by atoms with van der Waals surface area (Å²) in [6, 6.07) is 11.3. The third-order valence-electron chi connectivity index (χ3n) is 3.54. The van der Waals surface area contributed by atoms with Gasteiger partial charge in [-0.1, -0.05) is 6.07 Å². The molecule has 0 spiro atoms. The van der Waals surface area contributed by atoms with Crippen LogP contribution >= 0.6 is 11.3 Å². The lowest BCUT2D eigenvalue weighted by atomic mass is 10.2. The summed E-state index contributed by atoms with van der Waals surface area (Å²) in [6.45, 7) is 1.83. The van der Waals surface area contributed by atoms with Crippen molar-refractivity contribution < 1.29 is 18.8 Å². The van der Waals surface area contributed by atoms with Crippen molar-refractivity contribution in [2.45, 2.75) is 13.5 Å². The van der Waals surface area contributed by atoms with Crippen LogP contribution in [0.15, 0.2) is 48.5 Å². The molecule has 0 aliphatic heterocycles. The van der Waals surface area contributed by atoms with E-state index in [0.717, 1.165) is 11.3 Å². The van der Waals surface area contributed by atoms with Gasteiger partial charge in [-0.25, -0.2) is 9.37 Å². The van der Waals surface area contributed by atoms with Gasteiger partial charge in [0.15, 0.2) is 0 Å². The first-order valence-electron chi connectivity index (χ1n) is 7.83. The number of halogens is 1. The fourth-order valence-electron chi connectivity index (χ4n) is 2.29. The predicted octanol–water partition coefficient (Wildman–Crippen LogP) is 4.33. The second-order valence-corrected chi connectivity index (χ2v) is 6.61. The molecule has 0 atom stereocenters. The van der Waals surface area contributed by atoms with Crippen LogP contribution in [0.2, 0.25) is 0 Å². The first-order valence-corrected chi connectivity index (χ1v) is 8.64. The number of aromatic nitrogens is 1. The molecule has 0 aliphatic rings. The van der Waals surface area contributed by atoms with Crippen molar-refractivity contribution in [3.8, 4) is 5.75 Å². The van der Waals surface area contributed by atoms with Crippen LogP contribution in [-0.2, 0) is 6.61 Å². The molecule has 0 saturated heterocycles. The maximum atomic E-state index is 12.9. The number of non-ortho nitro benzene ring substituents is 1. The van der Waals surface area contributed by atoms with Gasteiger partial charge in [-0.15, -0.1) is 11.3 Å². The first-order chi connectivity index (χ1) is 12.9. The van der Waals surface area contributed by atoms with Gasteiger partial charge in [0, 0.05) is 17.8 Å². The molecule has 0 saturated carbocycles. The summed E-state index contributed by atoms with van der Waals surface area (Å²) in [4.78, 5) is 27.4. The van der Waals surface area contributed by atoms with Crippen molar-refractivity contribution in [3.05, 3.63) is 80.0 Å². The second-order valence-electron chi connectivity index (χ2n) is 5.53. The summed E-state index contributed by atoms with van der Waals surface area (Å²) in [5.74, 6) is -0.266. The largest absolute Gasteiger partial charge is 0.486 e. The van der Waals surface area contributed by atoms with Crippen LogP contribution in [0, 0.1) is 22.9 Å². The molecular formula is C18H14FN3O4S. The molecule has 138 valence electrons. The molecule has 27 heavy (non-hydrogen) atoms. The summed E-state index contributed by atoms with van der Waals surface area (Å²) in [7, 11) is 0. The van der Waals surface area contributed by atoms with Gasteiger partial charge < -0.3 is 10.1 Å². The van der Waals surface area contributed by atoms with E-state index in [1.54, 1.807) is 13.0 Å². The lowest BCUT2D eigenvalue weighted by Gasteiger charge is -2.04. The molecular weight excluding hydrogens is 373 g/mol. The Morgan fingerprint density at radius 3 is 2.74 bits per heavy atom. The van der Waals surface area contributed by atoms with Crippen LogP contribution in [0.3, 0.4) is 0 Å². The zero-order chi connectivity index (χ0) is 19.4. The molecule has 3 aromatic rings. The third kappa shape index (κ3) is 4.64. The zero-order valence-corrected chi connectivity index (χ0v) is 15.0. The molecule has 0 unspecified atom stereocenters. The number of rotatable bonds is 6. The molecule has 0 radical (unpaired) electrons. The number of amides is 1. The van der Waals surface area contributed by atoms with E-state index in [-0.39, 0.29) is 18.1 Å². The number of carbonyl (C=O) groups excluding carboxylic acids is 1. The van der Waals surface area contributed by atoms with Crippen LogP contribution in [0.25, 0.3) is 0 Å². The lowest BCUT2D eigenvalue weighted by molar-refractivity contribution is -0.384. The van der Waals surface area contributed by atoms with Crippen LogP contribution in [0.4, 0.5) is 15.8 Å². The van der Waals surface area contributed by atoms with E-state index in [1.165, 1.54) is 42.5 Å². The lowest BCUT2D eigenvalue weighted by Crippen LogP contribution is -2.11. The van der Waals surface area contributed by atoms with E-state index in [9.17, 15) is 19.3 Å². The predicted molar refractivity (Wildman–Crippen MR) is 98.6 cm³/mol. The Morgan fingerprint density at radius 1 is 1.30 bits per heavy atom. The number of hydrogen-bond donors (Lipinski definition) is 1. The number of nitro benzene ring substituents is 1. The Hall–Kier alpha value is -3.33. The summed E-state index contributed by atoms with van der Waals surface area (Å²) in [5.41, 5.74) is 0.744. The summed E-state index contributed by atoms with van der Waals surface area (Å²) in [5, 5.41) is 14.0. The number of nitro groups is 1. The van der Waals surface area contributed by atoms with Gasteiger partial charge in [0.25, 0.3) is 11.6 Å². The molecule has 0 bridgehead atoms. The first kappa shape index (κ1) is 18.5. The number of aryl methyl sites for hydroxylation is 1. The topological polar surface area (TPSA) is 94.4 Å². The molecule has 1 heterocycles. The molecule has 1 amide bonds. The number of anilines is 1. The number of benzene rings is 2. The van der Waals surface area contributed by atoms with Gasteiger partial charge in [-0.3, -0.25) is 14.9 Å². The van der Waals surface area contributed by atoms with E-state index in [0.29, 0.717) is 27.0 Å². The molecule has 9 heteroatoms. The van der Waals surface area contributed by atoms with Gasteiger partial charge in [-0.05, 0) is 37.3 Å². The normalized spacial score (nSPS) is 10.4. The number of thiazole rings is 1. The van der Waals surface area contributed by atoms with Crippen LogP contribution in [0.5, 0.6) is 5.75 Å². The fourth-order valence-corrected chi connectivity index (χ4v) is 3.16. The minimum atomic E-state index is -0.529. The third-order valence-corrected chi connectivity index (χ3v) is 4.67. The minimum Gasteiger partial charge on any atom is -0.486 e. The van der Waals surface area contributed by atoms with E-state index in [1.807, 2.05) is 0 Å². The summed E-state index contributed by atoms with van der Waals surface area (Å²) < 4.78 is 18.4. The summed E-state index contributed by atoms with van der Waals surface area (Å²) >= 11 is 1.16. The van der Waals surface area contributed by atoms with Crippen molar-refractivity contribution >= 4 is 28.6 Å². The number of ether oxygens (including phenoxy) is 1. The average Bonchev–Trinajstić information content (AvgIpc) is 3.02. The molecule has 1 aromatic heterocycles. The van der Waals surface area contributed by atoms with Crippen molar-refractivity contribution in [3.63, 3.8) is 0 Å². The van der Waals surface area contributed by atoms with Gasteiger partial charge in [0.2, 0.25) is 0 Å². The van der Waals surface area contributed by atoms with E-state index < -0.39 is 10.8 Å². The van der Waals surface area contributed by atoms with E-state index in [4.69, 9.17) is 4.74 Å². The van der Waals surface area contributed by atoms with Crippen molar-refractivity contribution in [2.24, 2.45) is 0 Å². The zero-order valence-electron chi connectivity index (χ0n) is 14.1. The second kappa shape index (κ2) is 7.92. The van der Waals surface area contributed by atoms with Crippen LogP contribution in [-0.4, -0.2) is 15.8 Å². The number of nitrogens with zero attached hydrogens (tertiary/aromatic N) is 2. The minimum absolute atomic E-state index is 0.109. The highest BCUT2D eigenvalue weighted by Crippen LogP contribution is 2.23.